The lowest BCUT2D eigenvalue weighted by Crippen LogP contribution is -2.30. The average Bonchev–Trinajstić information content (AvgIpc) is 2.42. The lowest BCUT2D eigenvalue weighted by atomic mass is 9.98. The number of halogens is 4. The van der Waals surface area contributed by atoms with E-state index < -0.39 is 17.7 Å². The molecule has 0 amide bonds. The number of rotatable bonds is 4. The van der Waals surface area contributed by atoms with Crippen LogP contribution < -0.4 is 11.3 Å². The molecule has 0 saturated heterocycles. The summed E-state index contributed by atoms with van der Waals surface area (Å²) in [4.78, 5) is 0. The zero-order valence-corrected chi connectivity index (χ0v) is 11.8. The largest absolute Gasteiger partial charge is 0.271 e. The number of nitrogens with one attached hydrogen (secondary N) is 1. The number of hydrogen-bond acceptors (Lipinski definition) is 2. The molecule has 2 nitrogen and oxygen atoms in total. The first-order chi connectivity index (χ1) is 9.54. The van der Waals surface area contributed by atoms with Crippen LogP contribution in [0.1, 0.15) is 17.2 Å². The van der Waals surface area contributed by atoms with E-state index in [9.17, 15) is 8.78 Å². The van der Waals surface area contributed by atoms with Gasteiger partial charge >= 0.3 is 0 Å². The van der Waals surface area contributed by atoms with Crippen molar-refractivity contribution in [1.29, 1.82) is 0 Å². The first-order valence-corrected chi connectivity index (χ1v) is 6.63. The van der Waals surface area contributed by atoms with Crippen LogP contribution in [0.25, 0.3) is 0 Å². The molecule has 0 saturated carbocycles. The van der Waals surface area contributed by atoms with E-state index in [2.05, 4.69) is 5.43 Å². The van der Waals surface area contributed by atoms with E-state index in [0.29, 0.717) is 15.6 Å². The summed E-state index contributed by atoms with van der Waals surface area (Å²) in [5.41, 5.74) is 3.22. The molecule has 1 atom stereocenters. The van der Waals surface area contributed by atoms with Gasteiger partial charge in [-0.2, -0.15) is 0 Å². The molecular weight excluding hydrogens is 305 g/mol. The van der Waals surface area contributed by atoms with Gasteiger partial charge in [0.2, 0.25) is 0 Å². The third-order valence-electron chi connectivity index (χ3n) is 3.03. The van der Waals surface area contributed by atoms with E-state index in [1.54, 1.807) is 18.2 Å². The van der Waals surface area contributed by atoms with E-state index in [1.807, 2.05) is 0 Å². The Morgan fingerprint density at radius 3 is 2.25 bits per heavy atom. The molecule has 106 valence electrons. The van der Waals surface area contributed by atoms with Crippen LogP contribution in [-0.2, 0) is 6.42 Å². The number of hydrazine groups is 1. The monoisotopic (exact) mass is 316 g/mol. The Morgan fingerprint density at radius 2 is 1.65 bits per heavy atom. The van der Waals surface area contributed by atoms with Crippen molar-refractivity contribution in [3.63, 3.8) is 0 Å². The fourth-order valence-corrected chi connectivity index (χ4v) is 2.53. The van der Waals surface area contributed by atoms with Gasteiger partial charge in [0, 0.05) is 15.6 Å². The Bertz CT molecular complexity index is 600. The van der Waals surface area contributed by atoms with Gasteiger partial charge in [-0.05, 0) is 30.2 Å². The van der Waals surface area contributed by atoms with Crippen molar-refractivity contribution < 1.29 is 8.78 Å². The molecule has 0 spiro atoms. The van der Waals surface area contributed by atoms with Gasteiger partial charge in [0.05, 0.1) is 6.04 Å². The molecule has 0 bridgehead atoms. The fourth-order valence-electron chi connectivity index (χ4n) is 1.98. The maximum atomic E-state index is 13.8. The van der Waals surface area contributed by atoms with Gasteiger partial charge in [0.1, 0.15) is 0 Å². The number of nitrogens with two attached hydrogens (primary N) is 1. The zero-order valence-electron chi connectivity index (χ0n) is 10.3. The van der Waals surface area contributed by atoms with Gasteiger partial charge in [-0.1, -0.05) is 41.4 Å². The third-order valence-corrected chi connectivity index (χ3v) is 3.74. The minimum Gasteiger partial charge on any atom is -0.271 e. The molecule has 2 rings (SSSR count). The van der Waals surface area contributed by atoms with Crippen LogP contribution >= 0.6 is 23.2 Å². The maximum Gasteiger partial charge on any atom is 0.163 e. The lowest BCUT2D eigenvalue weighted by molar-refractivity contribution is 0.464. The highest BCUT2D eigenvalue weighted by Gasteiger charge is 2.19. The summed E-state index contributed by atoms with van der Waals surface area (Å²) >= 11 is 12.1. The van der Waals surface area contributed by atoms with Crippen LogP contribution in [0.4, 0.5) is 8.78 Å². The second kappa shape index (κ2) is 6.50. The minimum atomic E-state index is -0.932. The van der Waals surface area contributed by atoms with E-state index in [1.165, 1.54) is 12.1 Å². The van der Waals surface area contributed by atoms with E-state index >= 15 is 0 Å². The highest BCUT2D eigenvalue weighted by atomic mass is 35.5. The fraction of sp³-hybridized carbons (Fsp3) is 0.143. The zero-order chi connectivity index (χ0) is 14.7. The molecule has 0 fully saturated rings. The summed E-state index contributed by atoms with van der Waals surface area (Å²) in [5.74, 6) is 3.59. The Hall–Kier alpha value is -1.20. The summed E-state index contributed by atoms with van der Waals surface area (Å²) in [6.45, 7) is 0. The summed E-state index contributed by atoms with van der Waals surface area (Å²) in [7, 11) is 0. The first-order valence-electron chi connectivity index (χ1n) is 5.87. The molecule has 20 heavy (non-hydrogen) atoms. The quantitative estimate of drug-likeness (QED) is 0.660. The second-order valence-corrected chi connectivity index (χ2v) is 5.08. The highest BCUT2D eigenvalue weighted by Crippen LogP contribution is 2.30. The minimum absolute atomic E-state index is 0.128. The molecule has 3 N–H and O–H groups in total. The van der Waals surface area contributed by atoms with Crippen molar-refractivity contribution >= 4 is 23.2 Å². The van der Waals surface area contributed by atoms with Gasteiger partial charge < -0.3 is 0 Å². The molecular formula is C14H12Cl2F2N2. The van der Waals surface area contributed by atoms with Crippen LogP contribution in [0, 0.1) is 11.6 Å². The molecule has 0 heterocycles. The molecule has 2 aromatic carbocycles. The molecule has 1 unspecified atom stereocenters. The first kappa shape index (κ1) is 15.2. The van der Waals surface area contributed by atoms with Crippen LogP contribution in [-0.4, -0.2) is 0 Å². The van der Waals surface area contributed by atoms with Gasteiger partial charge in [0.15, 0.2) is 11.6 Å². The number of benzene rings is 2. The van der Waals surface area contributed by atoms with Gasteiger partial charge in [0.25, 0.3) is 0 Å². The third kappa shape index (κ3) is 3.10. The van der Waals surface area contributed by atoms with Crippen molar-refractivity contribution in [3.05, 3.63) is 69.2 Å². The molecule has 0 aliphatic rings. The van der Waals surface area contributed by atoms with Crippen LogP contribution in [0.2, 0.25) is 10.0 Å². The summed E-state index contributed by atoms with van der Waals surface area (Å²) in [5, 5.41) is 0.907. The van der Waals surface area contributed by atoms with Crippen LogP contribution in [0.15, 0.2) is 36.4 Å². The molecule has 0 aromatic heterocycles. The van der Waals surface area contributed by atoms with Crippen molar-refractivity contribution in [2.24, 2.45) is 5.84 Å². The van der Waals surface area contributed by atoms with Crippen LogP contribution in [0.3, 0.4) is 0 Å². The standard InChI is InChI=1S/C14H12Cl2F2N2/c15-10-4-2-5-11(16)9(10)7-13(20-19)8-3-1-6-12(17)14(8)18/h1-6,13,20H,7,19H2. The highest BCUT2D eigenvalue weighted by molar-refractivity contribution is 6.36. The normalized spacial score (nSPS) is 12.4. The predicted molar refractivity (Wildman–Crippen MR) is 76.6 cm³/mol. The van der Waals surface area contributed by atoms with Gasteiger partial charge in [-0.25, -0.2) is 8.78 Å². The van der Waals surface area contributed by atoms with Crippen molar-refractivity contribution in [1.82, 2.24) is 5.43 Å². The maximum absolute atomic E-state index is 13.8. The summed E-state index contributed by atoms with van der Waals surface area (Å²) in [6.07, 6.45) is 0.245. The second-order valence-electron chi connectivity index (χ2n) is 4.27. The smallest absolute Gasteiger partial charge is 0.163 e. The molecule has 0 aliphatic carbocycles. The predicted octanol–water partition coefficient (Wildman–Crippen LogP) is 4.02. The van der Waals surface area contributed by atoms with Crippen molar-refractivity contribution in [3.8, 4) is 0 Å². The topological polar surface area (TPSA) is 38.0 Å². The van der Waals surface area contributed by atoms with Gasteiger partial charge in [-0.3, -0.25) is 11.3 Å². The van der Waals surface area contributed by atoms with Crippen molar-refractivity contribution in [2.75, 3.05) is 0 Å². The average molecular weight is 317 g/mol. The lowest BCUT2D eigenvalue weighted by Gasteiger charge is -2.18. The van der Waals surface area contributed by atoms with Crippen molar-refractivity contribution in [2.45, 2.75) is 12.5 Å². The van der Waals surface area contributed by atoms with E-state index in [-0.39, 0.29) is 12.0 Å². The van der Waals surface area contributed by atoms with Crippen LogP contribution in [0.5, 0.6) is 0 Å². The Labute approximate surface area is 125 Å². The Balaban J connectivity index is 2.37. The van der Waals surface area contributed by atoms with E-state index in [0.717, 1.165) is 6.07 Å². The summed E-state index contributed by atoms with van der Waals surface area (Å²) in [6, 6.07) is 8.37. The summed E-state index contributed by atoms with van der Waals surface area (Å²) < 4.78 is 27.1. The Morgan fingerprint density at radius 1 is 1.05 bits per heavy atom. The SMILES string of the molecule is NNC(Cc1c(Cl)cccc1Cl)c1cccc(F)c1F. The molecule has 2 aromatic rings. The van der Waals surface area contributed by atoms with E-state index in [4.69, 9.17) is 29.0 Å². The molecule has 6 heteroatoms. The number of hydrogen-bond donors (Lipinski definition) is 2. The Kier molecular flexibility index (Phi) is 4.94. The van der Waals surface area contributed by atoms with Gasteiger partial charge in [-0.15, -0.1) is 0 Å². The molecule has 0 radical (unpaired) electrons. The molecule has 0 aliphatic heterocycles.